The highest BCUT2D eigenvalue weighted by Crippen LogP contribution is 2.81. The van der Waals surface area contributed by atoms with E-state index in [9.17, 15) is 9.90 Å². The van der Waals surface area contributed by atoms with Gasteiger partial charge in [0.25, 0.3) is 0 Å². The summed E-state index contributed by atoms with van der Waals surface area (Å²) in [5.74, 6) is 5.54. The largest absolute Gasteiger partial charge is 0.393 e. The van der Waals surface area contributed by atoms with E-state index >= 15 is 0 Å². The van der Waals surface area contributed by atoms with Crippen molar-refractivity contribution < 1.29 is 9.90 Å². The Morgan fingerprint density at radius 1 is 1.04 bits per heavy atom. The topological polar surface area (TPSA) is 37.3 Å². The highest BCUT2D eigenvalue weighted by Gasteiger charge is 2.77. The molecule has 0 saturated heterocycles. The van der Waals surface area contributed by atoms with Crippen LogP contribution in [0.5, 0.6) is 0 Å². The van der Waals surface area contributed by atoms with Gasteiger partial charge in [-0.3, -0.25) is 4.79 Å². The zero-order chi connectivity index (χ0) is 16.7. The number of carbonyl (C=O) groups excluding carboxylic acids is 1. The van der Waals surface area contributed by atoms with E-state index in [-0.39, 0.29) is 11.5 Å². The van der Waals surface area contributed by atoms with Gasteiger partial charge in [-0.25, -0.2) is 0 Å². The number of aliphatic hydroxyl groups is 1. The van der Waals surface area contributed by atoms with Gasteiger partial charge in [-0.05, 0) is 112 Å². The van der Waals surface area contributed by atoms with Gasteiger partial charge in [0.1, 0.15) is 5.78 Å². The molecule has 0 amide bonds. The number of rotatable bonds is 2. The van der Waals surface area contributed by atoms with Crippen molar-refractivity contribution in [1.82, 2.24) is 0 Å². The van der Waals surface area contributed by atoms with Gasteiger partial charge in [-0.15, -0.1) is 0 Å². The highest BCUT2D eigenvalue weighted by molar-refractivity contribution is 5.87. The van der Waals surface area contributed by atoms with Crippen LogP contribution in [-0.2, 0) is 4.79 Å². The van der Waals surface area contributed by atoms with Crippen LogP contribution in [0.2, 0.25) is 0 Å². The second-order valence-electron chi connectivity index (χ2n) is 10.1. The minimum atomic E-state index is -0.0266. The molecule has 1 N–H and O–H groups in total. The number of hydrogen-bond donors (Lipinski definition) is 1. The molecule has 0 heterocycles. The molecule has 0 aromatic rings. The summed E-state index contributed by atoms with van der Waals surface area (Å²) >= 11 is 0. The monoisotopic (exact) mass is 330 g/mol. The van der Waals surface area contributed by atoms with Crippen molar-refractivity contribution in [1.29, 1.82) is 0 Å². The quantitative estimate of drug-likeness (QED) is 0.803. The molecule has 5 saturated carbocycles. The van der Waals surface area contributed by atoms with Crippen molar-refractivity contribution in [2.75, 3.05) is 0 Å². The molecule has 0 radical (unpaired) electrons. The fourth-order valence-corrected chi connectivity index (χ4v) is 9.06. The molecule has 0 spiro atoms. The molecular formula is C22H34O2. The lowest BCUT2D eigenvalue weighted by atomic mass is 9.47. The van der Waals surface area contributed by atoms with Crippen LogP contribution in [0.3, 0.4) is 0 Å². The van der Waals surface area contributed by atoms with Crippen molar-refractivity contribution in [2.45, 2.75) is 84.2 Å². The number of hydrogen-bond acceptors (Lipinski definition) is 2. The van der Waals surface area contributed by atoms with Crippen molar-refractivity contribution in [3.63, 3.8) is 0 Å². The summed E-state index contributed by atoms with van der Waals surface area (Å²) in [6.07, 6.45) is 12.5. The minimum Gasteiger partial charge on any atom is -0.393 e. The lowest BCUT2D eigenvalue weighted by molar-refractivity contribution is -0.137. The molecule has 5 rings (SSSR count). The third-order valence-electron chi connectivity index (χ3n) is 9.93. The molecule has 2 nitrogen and oxygen atoms in total. The fraction of sp³-hybridized carbons (Fsp3) is 0.955. The first-order chi connectivity index (χ1) is 11.5. The molecule has 0 unspecified atom stereocenters. The summed E-state index contributed by atoms with van der Waals surface area (Å²) in [7, 11) is 0. The average Bonchev–Trinajstić information content (AvgIpc) is 3.24. The third-order valence-corrected chi connectivity index (χ3v) is 9.93. The van der Waals surface area contributed by atoms with E-state index in [4.69, 9.17) is 0 Å². The Hall–Kier alpha value is -0.370. The Morgan fingerprint density at radius 3 is 2.58 bits per heavy atom. The third kappa shape index (κ3) is 1.75. The zero-order valence-electron chi connectivity index (χ0n) is 15.5. The van der Waals surface area contributed by atoms with E-state index < -0.39 is 0 Å². The Labute approximate surface area is 146 Å². The number of fused-ring (bicyclic) bond motifs is 7. The van der Waals surface area contributed by atoms with Gasteiger partial charge in [0.05, 0.1) is 6.10 Å². The van der Waals surface area contributed by atoms with E-state index in [0.717, 1.165) is 48.3 Å². The number of carbonyl (C=O) groups is 1. The van der Waals surface area contributed by atoms with Crippen LogP contribution in [-0.4, -0.2) is 17.0 Å². The number of Topliss-reactive ketones (excluding diaryl/α,β-unsaturated/α-hetero) is 1. The van der Waals surface area contributed by atoms with Crippen molar-refractivity contribution in [3.8, 4) is 0 Å². The summed E-state index contributed by atoms with van der Waals surface area (Å²) in [6.45, 7) is 4.27. The Morgan fingerprint density at radius 2 is 1.83 bits per heavy atom. The summed E-state index contributed by atoms with van der Waals surface area (Å²) in [5, 5.41) is 10.1. The van der Waals surface area contributed by atoms with E-state index in [1.165, 1.54) is 51.4 Å². The Kier molecular flexibility index (Phi) is 3.36. The van der Waals surface area contributed by atoms with Crippen LogP contribution in [0.25, 0.3) is 0 Å². The van der Waals surface area contributed by atoms with Gasteiger partial charge in [0, 0.05) is 5.41 Å². The predicted octanol–water partition coefficient (Wildman–Crippen LogP) is 4.60. The molecule has 0 aromatic heterocycles. The summed E-state index contributed by atoms with van der Waals surface area (Å²) in [6, 6.07) is 0. The molecule has 134 valence electrons. The molecule has 24 heavy (non-hydrogen) atoms. The van der Waals surface area contributed by atoms with Gasteiger partial charge in [0.15, 0.2) is 0 Å². The molecular weight excluding hydrogens is 296 g/mol. The minimum absolute atomic E-state index is 0.0266. The normalized spacial score (nSPS) is 58.2. The molecule has 2 heteroatoms. The maximum absolute atomic E-state index is 12.6. The van der Waals surface area contributed by atoms with Gasteiger partial charge < -0.3 is 5.11 Å². The smallest absolute Gasteiger partial charge is 0.136 e. The molecule has 5 aliphatic rings. The first kappa shape index (κ1) is 15.9. The second kappa shape index (κ2) is 5.09. The first-order valence-corrected chi connectivity index (χ1v) is 10.7. The van der Waals surface area contributed by atoms with Gasteiger partial charge in [0.2, 0.25) is 0 Å². The first-order valence-electron chi connectivity index (χ1n) is 10.7. The summed E-state index contributed by atoms with van der Waals surface area (Å²) in [4.78, 5) is 12.6. The summed E-state index contributed by atoms with van der Waals surface area (Å²) < 4.78 is 0. The maximum atomic E-state index is 12.6. The van der Waals surface area contributed by atoms with Gasteiger partial charge in [-0.2, -0.15) is 0 Å². The fourth-order valence-electron chi connectivity index (χ4n) is 9.06. The van der Waals surface area contributed by atoms with Crippen LogP contribution in [0.4, 0.5) is 0 Å². The van der Waals surface area contributed by atoms with E-state index in [2.05, 4.69) is 6.92 Å². The molecule has 0 aliphatic heterocycles. The predicted molar refractivity (Wildman–Crippen MR) is 94.3 cm³/mol. The average molecular weight is 331 g/mol. The van der Waals surface area contributed by atoms with Crippen LogP contribution in [0, 0.1) is 46.3 Å². The van der Waals surface area contributed by atoms with Crippen LogP contribution in [0.15, 0.2) is 0 Å². The highest BCUT2D eigenvalue weighted by atomic mass is 16.3. The van der Waals surface area contributed by atoms with Crippen LogP contribution >= 0.6 is 0 Å². The van der Waals surface area contributed by atoms with Crippen molar-refractivity contribution in [3.05, 3.63) is 0 Å². The van der Waals surface area contributed by atoms with E-state index in [1.54, 1.807) is 0 Å². The standard InChI is InChI=1S/C22H34O2/c1-3-21-9-8-18-17-7-5-16(24)10-14(17)4-6-19(18)20(21)11-15-12-22(15,21)13(2)23/h14-20,24H,3-12H2,1-2H3/t14-,15-,16+,17-,18+,19+,20-,21-,22-/m0/s1. The van der Waals surface area contributed by atoms with Gasteiger partial charge in [-0.1, -0.05) is 6.92 Å². The van der Waals surface area contributed by atoms with E-state index in [1.807, 2.05) is 6.92 Å². The van der Waals surface area contributed by atoms with Crippen LogP contribution in [0.1, 0.15) is 78.1 Å². The van der Waals surface area contributed by atoms with Crippen molar-refractivity contribution in [2.24, 2.45) is 46.3 Å². The van der Waals surface area contributed by atoms with E-state index in [0.29, 0.717) is 11.2 Å². The lowest BCUT2D eigenvalue weighted by Gasteiger charge is -2.58. The molecule has 9 atom stereocenters. The number of ketones is 1. The summed E-state index contributed by atoms with van der Waals surface area (Å²) in [5.41, 5.74) is 0.447. The maximum Gasteiger partial charge on any atom is 0.136 e. The van der Waals surface area contributed by atoms with Gasteiger partial charge >= 0.3 is 0 Å². The molecule has 0 bridgehead atoms. The molecule has 0 aromatic carbocycles. The molecule has 5 aliphatic carbocycles. The SMILES string of the molecule is CC[C@]12CC[C@H]3[C@@H](CC[C@H]4C[C@H](O)CC[C@@H]43)[C@@H]1C[C@H]1C[C@]12C(C)=O. The second-order valence-corrected chi connectivity index (χ2v) is 10.1. The lowest BCUT2D eigenvalue weighted by Crippen LogP contribution is -2.52. The van der Waals surface area contributed by atoms with Crippen molar-refractivity contribution >= 4 is 5.78 Å². The number of aliphatic hydroxyl groups excluding tert-OH is 1. The Bertz CT molecular complexity index is 556. The zero-order valence-corrected chi connectivity index (χ0v) is 15.5. The van der Waals surface area contributed by atoms with Crippen LogP contribution < -0.4 is 0 Å². The molecule has 5 fully saturated rings. The Balaban J connectivity index is 1.45.